The third-order valence-corrected chi connectivity index (χ3v) is 3.69. The minimum Gasteiger partial charge on any atom is -0.305 e. The van der Waals surface area contributed by atoms with E-state index in [9.17, 15) is 13.2 Å². The van der Waals surface area contributed by atoms with Crippen LogP contribution in [0.15, 0.2) is 40.5 Å². The van der Waals surface area contributed by atoms with E-state index in [-0.39, 0.29) is 10.5 Å². The van der Waals surface area contributed by atoms with Gasteiger partial charge >= 0.3 is 0 Å². The first-order chi connectivity index (χ1) is 8.95. The molecule has 98 valence electrons. The lowest BCUT2D eigenvalue weighted by Crippen LogP contribution is -2.07. The van der Waals surface area contributed by atoms with Gasteiger partial charge in [0.15, 0.2) is 15.5 Å². The molecule has 0 saturated heterocycles. The van der Waals surface area contributed by atoms with Crippen LogP contribution in [0.5, 0.6) is 0 Å². The van der Waals surface area contributed by atoms with Gasteiger partial charge in [-0.05, 0) is 0 Å². The van der Waals surface area contributed by atoms with Gasteiger partial charge in [-0.25, -0.2) is 17.6 Å². The largest absolute Gasteiger partial charge is 0.305 e. The monoisotopic (exact) mass is 279 g/mol. The molecule has 19 heavy (non-hydrogen) atoms. The summed E-state index contributed by atoms with van der Waals surface area (Å²) < 4.78 is 25.6. The van der Waals surface area contributed by atoms with Crippen LogP contribution in [0, 0.1) is 0 Å². The van der Waals surface area contributed by atoms with E-state index in [4.69, 9.17) is 0 Å². The first-order valence-electron chi connectivity index (χ1n) is 5.27. The van der Waals surface area contributed by atoms with Crippen molar-refractivity contribution in [1.29, 1.82) is 0 Å². The summed E-state index contributed by atoms with van der Waals surface area (Å²) >= 11 is 0. The summed E-state index contributed by atoms with van der Waals surface area (Å²) in [6.07, 6.45) is 6.73. The molecule has 0 aliphatic carbocycles. The maximum Gasteiger partial charge on any atom is 0.251 e. The van der Waals surface area contributed by atoms with Gasteiger partial charge in [0, 0.05) is 24.7 Å². The number of H-pyrrole nitrogens is 1. The van der Waals surface area contributed by atoms with Crippen molar-refractivity contribution in [2.75, 3.05) is 6.26 Å². The summed E-state index contributed by atoms with van der Waals surface area (Å²) in [7, 11) is -3.32. The van der Waals surface area contributed by atoms with Crippen LogP contribution >= 0.6 is 0 Å². The molecule has 0 unspecified atom stereocenters. The summed E-state index contributed by atoms with van der Waals surface area (Å²) in [5.74, 6) is 0. The second-order valence-corrected chi connectivity index (χ2v) is 6.04. The summed E-state index contributed by atoms with van der Waals surface area (Å²) in [6, 6.07) is 1.34. The first kappa shape index (κ1) is 11.7. The average Bonchev–Trinajstić information content (AvgIpc) is 2.92. The number of nitrogens with one attached hydrogen (secondary N) is 1. The van der Waals surface area contributed by atoms with Gasteiger partial charge < -0.3 is 4.98 Å². The fourth-order valence-corrected chi connectivity index (χ4v) is 2.21. The molecule has 0 aliphatic heterocycles. The van der Waals surface area contributed by atoms with Crippen molar-refractivity contribution in [2.24, 2.45) is 0 Å². The Kier molecular flexibility index (Phi) is 2.32. The molecule has 9 heteroatoms. The number of nitrogens with zero attached hydrogens (tertiary/aromatic N) is 4. The van der Waals surface area contributed by atoms with Crippen molar-refractivity contribution in [3.05, 3.63) is 41.2 Å². The molecule has 3 aromatic rings. The van der Waals surface area contributed by atoms with Crippen molar-refractivity contribution in [1.82, 2.24) is 24.4 Å². The number of hydrogen-bond donors (Lipinski definition) is 1. The molecule has 3 heterocycles. The highest BCUT2D eigenvalue weighted by molar-refractivity contribution is 7.90. The van der Waals surface area contributed by atoms with Gasteiger partial charge in [0.25, 0.3) is 5.56 Å². The summed E-state index contributed by atoms with van der Waals surface area (Å²) in [4.78, 5) is 14.0. The Morgan fingerprint density at radius 2 is 2.05 bits per heavy atom. The lowest BCUT2D eigenvalue weighted by atomic mass is 10.5. The molecule has 0 aromatic carbocycles. The van der Waals surface area contributed by atoms with Crippen LogP contribution in [-0.4, -0.2) is 39.1 Å². The maximum absolute atomic E-state index is 11.4. The van der Waals surface area contributed by atoms with E-state index in [1.54, 1.807) is 0 Å². The van der Waals surface area contributed by atoms with E-state index in [0.717, 1.165) is 6.26 Å². The number of aromatic nitrogens is 5. The highest BCUT2D eigenvalue weighted by Crippen LogP contribution is 2.14. The molecule has 0 bridgehead atoms. The van der Waals surface area contributed by atoms with Gasteiger partial charge in [-0.2, -0.15) is 10.2 Å². The smallest absolute Gasteiger partial charge is 0.251 e. The minimum atomic E-state index is -3.32. The highest BCUT2D eigenvalue weighted by Gasteiger charge is 2.13. The Balaban J connectivity index is 2.22. The molecule has 0 atom stereocenters. The van der Waals surface area contributed by atoms with Crippen molar-refractivity contribution in [3.63, 3.8) is 0 Å². The topological polar surface area (TPSA) is 102 Å². The lowest BCUT2D eigenvalue weighted by Gasteiger charge is -1.97. The number of sulfone groups is 1. The van der Waals surface area contributed by atoms with Crippen molar-refractivity contribution in [2.45, 2.75) is 4.90 Å². The number of fused-ring (bicyclic) bond motifs is 1. The fraction of sp³-hybridized carbons (Fsp3) is 0.100. The Hall–Kier alpha value is -2.42. The Morgan fingerprint density at radius 1 is 1.26 bits per heavy atom. The van der Waals surface area contributed by atoms with E-state index in [0.29, 0.717) is 11.3 Å². The van der Waals surface area contributed by atoms with E-state index < -0.39 is 9.84 Å². The van der Waals surface area contributed by atoms with Gasteiger partial charge in [-0.15, -0.1) is 0 Å². The van der Waals surface area contributed by atoms with Crippen LogP contribution in [0.2, 0.25) is 0 Å². The van der Waals surface area contributed by atoms with E-state index in [1.807, 2.05) is 0 Å². The normalized spacial score (nSPS) is 12.1. The minimum absolute atomic E-state index is 0.102. The molecule has 1 N–H and O–H groups in total. The molecule has 8 nitrogen and oxygen atoms in total. The maximum atomic E-state index is 11.4. The van der Waals surface area contributed by atoms with E-state index in [2.05, 4.69) is 15.2 Å². The molecule has 0 spiro atoms. The predicted octanol–water partition coefficient (Wildman–Crippen LogP) is -0.388. The van der Waals surface area contributed by atoms with Crippen LogP contribution in [0.4, 0.5) is 0 Å². The zero-order valence-electron chi connectivity index (χ0n) is 9.81. The van der Waals surface area contributed by atoms with Crippen molar-refractivity contribution >= 4 is 15.5 Å². The van der Waals surface area contributed by atoms with Crippen molar-refractivity contribution in [3.8, 4) is 5.69 Å². The lowest BCUT2D eigenvalue weighted by molar-refractivity contribution is 0.602. The summed E-state index contributed by atoms with van der Waals surface area (Å²) in [5.41, 5.74) is 0.660. The third kappa shape index (κ3) is 1.93. The molecule has 0 aliphatic rings. The number of rotatable bonds is 2. The van der Waals surface area contributed by atoms with Gasteiger partial charge in [0.1, 0.15) is 10.6 Å². The average molecular weight is 279 g/mol. The Morgan fingerprint density at radius 3 is 2.74 bits per heavy atom. The molecule has 3 aromatic heterocycles. The molecular weight excluding hydrogens is 270 g/mol. The van der Waals surface area contributed by atoms with E-state index in [1.165, 1.54) is 40.1 Å². The van der Waals surface area contributed by atoms with Crippen LogP contribution in [0.1, 0.15) is 0 Å². The van der Waals surface area contributed by atoms with E-state index >= 15 is 0 Å². The molecule has 0 fully saturated rings. The second kappa shape index (κ2) is 3.79. The van der Waals surface area contributed by atoms with Crippen LogP contribution in [-0.2, 0) is 9.84 Å². The standard InChI is InChI=1S/C10H9N5O3S/c1-19(17,18)7-4-11-15(6-7)8-5-12-14-3-2-9(16)13-10(8)14/h2-6H,1H3,(H,13,16). The Labute approximate surface area is 107 Å². The van der Waals surface area contributed by atoms with Crippen LogP contribution in [0.3, 0.4) is 0 Å². The number of hydrogen-bond acceptors (Lipinski definition) is 5. The van der Waals surface area contributed by atoms with Crippen molar-refractivity contribution < 1.29 is 8.42 Å². The Bertz CT molecular complexity index is 918. The first-order valence-corrected chi connectivity index (χ1v) is 7.16. The van der Waals surface area contributed by atoms with Gasteiger partial charge in [-0.3, -0.25) is 4.79 Å². The third-order valence-electron chi connectivity index (χ3n) is 2.62. The SMILES string of the molecule is CS(=O)(=O)c1cnn(-c2cnn3ccc(=O)[nH]c23)c1. The zero-order valence-corrected chi connectivity index (χ0v) is 10.6. The highest BCUT2D eigenvalue weighted by atomic mass is 32.2. The molecule has 3 rings (SSSR count). The summed E-state index contributed by atoms with van der Waals surface area (Å²) in [6.45, 7) is 0. The zero-order chi connectivity index (χ0) is 13.6. The number of aromatic amines is 1. The summed E-state index contributed by atoms with van der Waals surface area (Å²) in [5, 5.41) is 8.01. The fourth-order valence-electron chi connectivity index (χ4n) is 1.68. The second-order valence-electron chi connectivity index (χ2n) is 4.02. The molecule has 0 amide bonds. The van der Waals surface area contributed by atoms with Gasteiger partial charge in [0.05, 0.1) is 12.4 Å². The van der Waals surface area contributed by atoms with Crippen LogP contribution in [0.25, 0.3) is 11.3 Å². The molecular formula is C10H9N5O3S. The molecule has 0 saturated carbocycles. The quantitative estimate of drug-likeness (QED) is 0.688. The van der Waals surface area contributed by atoms with Crippen LogP contribution < -0.4 is 5.56 Å². The molecule has 0 radical (unpaired) electrons. The van der Waals surface area contributed by atoms with Gasteiger partial charge in [0.2, 0.25) is 0 Å². The van der Waals surface area contributed by atoms with Gasteiger partial charge in [-0.1, -0.05) is 0 Å². The predicted molar refractivity (Wildman–Crippen MR) is 66.0 cm³/mol.